The van der Waals surface area contributed by atoms with Crippen LogP contribution in [0.15, 0.2) is 47.6 Å². The van der Waals surface area contributed by atoms with Crippen LogP contribution in [0, 0.1) is 0 Å². The Balaban J connectivity index is 1.91. The van der Waals surface area contributed by atoms with Gasteiger partial charge in [-0.3, -0.25) is 9.59 Å². The summed E-state index contributed by atoms with van der Waals surface area (Å²) in [5, 5.41) is 16.6. The number of benzene rings is 2. The van der Waals surface area contributed by atoms with Gasteiger partial charge in [0.25, 0.3) is 5.91 Å². The minimum absolute atomic E-state index is 0.00302. The molecule has 0 unspecified atom stereocenters. The molecule has 2 rings (SSSR count). The van der Waals surface area contributed by atoms with Gasteiger partial charge in [-0.2, -0.15) is 5.10 Å². The first-order valence-electron chi connectivity index (χ1n) is 7.65. The van der Waals surface area contributed by atoms with E-state index in [1.807, 2.05) is 0 Å². The van der Waals surface area contributed by atoms with Gasteiger partial charge in [0.2, 0.25) is 5.91 Å². The summed E-state index contributed by atoms with van der Waals surface area (Å²) < 4.78 is 5.05. The second-order valence-electron chi connectivity index (χ2n) is 5.40. The number of nitrogens with one attached hydrogen (secondary N) is 2. The molecule has 0 aromatic heterocycles. The number of ether oxygens (including phenoxy) is 1. The third kappa shape index (κ3) is 5.49. The predicted molar refractivity (Wildman–Crippen MR) is 99.9 cm³/mol. The number of halogens is 1. The highest BCUT2D eigenvalue weighted by atomic mass is 35.5. The summed E-state index contributed by atoms with van der Waals surface area (Å²) in [4.78, 5) is 24.0. The minimum atomic E-state index is -0.625. The smallest absolute Gasteiger partial charge is 0.275 e. The van der Waals surface area contributed by atoms with Gasteiger partial charge in [0.05, 0.1) is 19.1 Å². The third-order valence-corrected chi connectivity index (χ3v) is 3.58. The molecule has 0 fully saturated rings. The van der Waals surface area contributed by atoms with Crippen LogP contribution in [0.5, 0.6) is 11.5 Å². The summed E-state index contributed by atoms with van der Waals surface area (Å²) in [6.45, 7) is 1.60. The number of hydrogen-bond acceptors (Lipinski definition) is 5. The van der Waals surface area contributed by atoms with Crippen molar-refractivity contribution in [1.82, 2.24) is 5.43 Å². The van der Waals surface area contributed by atoms with Gasteiger partial charge < -0.3 is 15.2 Å². The topological polar surface area (TPSA) is 100 Å². The zero-order valence-electron chi connectivity index (χ0n) is 14.2. The summed E-state index contributed by atoms with van der Waals surface area (Å²) >= 11 is 5.80. The Hall–Kier alpha value is -3.06. The highest BCUT2D eigenvalue weighted by Crippen LogP contribution is 2.21. The molecule has 0 aliphatic rings. The van der Waals surface area contributed by atoms with Crippen molar-refractivity contribution in [3.63, 3.8) is 0 Å². The first-order valence-corrected chi connectivity index (χ1v) is 8.02. The molecule has 3 N–H and O–H groups in total. The van der Waals surface area contributed by atoms with Crippen LogP contribution in [0.25, 0.3) is 0 Å². The number of anilines is 1. The monoisotopic (exact) mass is 375 g/mol. The van der Waals surface area contributed by atoms with E-state index in [9.17, 15) is 14.7 Å². The van der Waals surface area contributed by atoms with E-state index in [-0.39, 0.29) is 23.6 Å². The van der Waals surface area contributed by atoms with Gasteiger partial charge in [-0.05, 0) is 49.4 Å². The van der Waals surface area contributed by atoms with Crippen molar-refractivity contribution in [3.05, 3.63) is 53.1 Å². The fourth-order valence-electron chi connectivity index (χ4n) is 2.05. The number of phenolic OH excluding ortho intramolecular Hbond substituents is 1. The van der Waals surface area contributed by atoms with Gasteiger partial charge in [0, 0.05) is 16.4 Å². The lowest BCUT2D eigenvalue weighted by molar-refractivity contribution is -0.115. The number of hydrogen-bond donors (Lipinski definition) is 3. The van der Waals surface area contributed by atoms with E-state index in [4.69, 9.17) is 16.3 Å². The maximum Gasteiger partial charge on any atom is 0.275 e. The van der Waals surface area contributed by atoms with Gasteiger partial charge in [0.15, 0.2) is 0 Å². The molecule has 0 heterocycles. The van der Waals surface area contributed by atoms with Crippen molar-refractivity contribution in [3.8, 4) is 11.5 Å². The Morgan fingerprint density at radius 2 is 1.88 bits per heavy atom. The predicted octanol–water partition coefficient (Wildman–Crippen LogP) is 3.19. The van der Waals surface area contributed by atoms with Crippen molar-refractivity contribution in [2.75, 3.05) is 12.4 Å². The number of amides is 2. The maximum absolute atomic E-state index is 12.0. The Labute approximate surface area is 155 Å². The van der Waals surface area contributed by atoms with Crippen LogP contribution in [0.1, 0.15) is 23.7 Å². The van der Waals surface area contributed by atoms with Crippen LogP contribution < -0.4 is 15.5 Å². The Kier molecular flexibility index (Phi) is 6.57. The van der Waals surface area contributed by atoms with Gasteiger partial charge in [-0.25, -0.2) is 5.43 Å². The van der Waals surface area contributed by atoms with E-state index in [2.05, 4.69) is 15.8 Å². The summed E-state index contributed by atoms with van der Waals surface area (Å²) in [5.41, 5.74) is 3.30. The number of aromatic hydroxyl groups is 1. The molecule has 0 saturated heterocycles. The molecule has 2 aromatic rings. The van der Waals surface area contributed by atoms with Crippen molar-refractivity contribution in [1.29, 1.82) is 0 Å². The summed E-state index contributed by atoms with van der Waals surface area (Å²) in [6, 6.07) is 11.0. The molecule has 0 aliphatic carbocycles. The number of carbonyl (C=O) groups is 2. The molecule has 2 aromatic carbocycles. The van der Waals surface area contributed by atoms with Crippen LogP contribution in [-0.2, 0) is 4.79 Å². The fourth-order valence-corrected chi connectivity index (χ4v) is 2.22. The number of methoxy groups -OCH3 is 1. The van der Waals surface area contributed by atoms with Gasteiger partial charge in [-0.15, -0.1) is 0 Å². The second-order valence-corrected chi connectivity index (χ2v) is 5.84. The molecule has 0 saturated carbocycles. The van der Waals surface area contributed by atoms with E-state index in [0.717, 1.165) is 0 Å². The van der Waals surface area contributed by atoms with Crippen molar-refractivity contribution < 1.29 is 19.4 Å². The van der Waals surface area contributed by atoms with Gasteiger partial charge >= 0.3 is 0 Å². The van der Waals surface area contributed by atoms with E-state index in [1.54, 1.807) is 38.3 Å². The number of hydrazone groups is 1. The minimum Gasteiger partial charge on any atom is -0.507 e. The molecule has 2 amide bonds. The lowest BCUT2D eigenvalue weighted by atomic mass is 10.2. The number of carbonyl (C=O) groups excluding carboxylic acids is 2. The largest absolute Gasteiger partial charge is 0.507 e. The van der Waals surface area contributed by atoms with Crippen LogP contribution in [0.3, 0.4) is 0 Å². The lowest BCUT2D eigenvalue weighted by Crippen LogP contribution is -2.21. The van der Waals surface area contributed by atoms with E-state index >= 15 is 0 Å². The fraction of sp³-hybridized carbons (Fsp3) is 0.167. The molecule has 136 valence electrons. The number of rotatable bonds is 6. The molecule has 26 heavy (non-hydrogen) atoms. The number of phenols is 1. The molecule has 0 bridgehead atoms. The SMILES string of the molecule is COc1ccc(NC(=O)C/C(C)=N\NC(=O)c2cc(Cl)ccc2O)cc1. The Morgan fingerprint density at radius 3 is 2.54 bits per heavy atom. The molecule has 0 aliphatic heterocycles. The first-order chi connectivity index (χ1) is 12.4. The lowest BCUT2D eigenvalue weighted by Gasteiger charge is -2.07. The van der Waals surface area contributed by atoms with E-state index in [0.29, 0.717) is 22.2 Å². The molecular formula is C18H18ClN3O4. The molecule has 8 heteroatoms. The van der Waals surface area contributed by atoms with Crippen LogP contribution in [0.2, 0.25) is 5.02 Å². The second kappa shape index (κ2) is 8.87. The standard InChI is InChI=1S/C18H18ClN3O4/c1-11(9-17(24)20-13-4-6-14(26-2)7-5-13)21-22-18(25)15-10-12(19)3-8-16(15)23/h3-8,10,23H,9H2,1-2H3,(H,20,24)(H,22,25)/b21-11-. The van der Waals surface area contributed by atoms with Crippen molar-refractivity contribution >= 4 is 34.8 Å². The first kappa shape index (κ1) is 19.3. The highest BCUT2D eigenvalue weighted by molar-refractivity contribution is 6.31. The van der Waals surface area contributed by atoms with Crippen LogP contribution in [-0.4, -0.2) is 29.7 Å². The summed E-state index contributed by atoms with van der Waals surface area (Å²) in [5.74, 6) is -0.430. The van der Waals surface area contributed by atoms with Crippen LogP contribution in [0.4, 0.5) is 5.69 Å². The average molecular weight is 376 g/mol. The van der Waals surface area contributed by atoms with E-state index < -0.39 is 5.91 Å². The van der Waals surface area contributed by atoms with Crippen molar-refractivity contribution in [2.45, 2.75) is 13.3 Å². The average Bonchev–Trinajstić information content (AvgIpc) is 2.62. The Bertz CT molecular complexity index is 835. The highest BCUT2D eigenvalue weighted by Gasteiger charge is 2.12. The molecule has 0 spiro atoms. The van der Waals surface area contributed by atoms with Crippen molar-refractivity contribution in [2.24, 2.45) is 5.10 Å². The zero-order chi connectivity index (χ0) is 19.1. The summed E-state index contributed by atoms with van der Waals surface area (Å²) in [7, 11) is 1.56. The zero-order valence-corrected chi connectivity index (χ0v) is 15.0. The molecule has 0 radical (unpaired) electrons. The van der Waals surface area contributed by atoms with Gasteiger partial charge in [0.1, 0.15) is 11.5 Å². The maximum atomic E-state index is 12.0. The molecular weight excluding hydrogens is 358 g/mol. The number of nitrogens with zero attached hydrogens (tertiary/aromatic N) is 1. The van der Waals surface area contributed by atoms with Crippen LogP contribution >= 0.6 is 11.6 Å². The molecule has 7 nitrogen and oxygen atoms in total. The Morgan fingerprint density at radius 1 is 1.19 bits per heavy atom. The normalized spacial score (nSPS) is 11.0. The summed E-state index contributed by atoms with van der Waals surface area (Å²) in [6.07, 6.45) is -0.00611. The quantitative estimate of drug-likeness (QED) is 0.533. The van der Waals surface area contributed by atoms with E-state index in [1.165, 1.54) is 18.2 Å². The molecule has 0 atom stereocenters. The third-order valence-electron chi connectivity index (χ3n) is 3.34. The van der Waals surface area contributed by atoms with Gasteiger partial charge in [-0.1, -0.05) is 11.6 Å².